The molecule has 2 atom stereocenters. The van der Waals surface area contributed by atoms with Gasteiger partial charge in [0.15, 0.2) is 0 Å². The summed E-state index contributed by atoms with van der Waals surface area (Å²) >= 11 is 0. The Kier molecular flexibility index (Phi) is 2.84. The van der Waals surface area contributed by atoms with Crippen molar-refractivity contribution in [2.24, 2.45) is 5.73 Å². The van der Waals surface area contributed by atoms with Crippen molar-refractivity contribution in [3.8, 4) is 0 Å². The third-order valence-corrected chi connectivity index (χ3v) is 2.96. The van der Waals surface area contributed by atoms with Crippen LogP contribution in [-0.2, 0) is 4.79 Å². The molecule has 0 radical (unpaired) electrons. The third kappa shape index (κ3) is 1.96. The van der Waals surface area contributed by atoms with Gasteiger partial charge in [-0.1, -0.05) is 18.9 Å². The van der Waals surface area contributed by atoms with Crippen molar-refractivity contribution in [2.45, 2.75) is 37.8 Å². The first kappa shape index (κ1) is 9.68. The van der Waals surface area contributed by atoms with Gasteiger partial charge in [0.05, 0.1) is 6.54 Å². The van der Waals surface area contributed by atoms with Crippen LogP contribution in [0.2, 0.25) is 0 Å². The van der Waals surface area contributed by atoms with Crippen molar-refractivity contribution in [2.75, 3.05) is 6.54 Å². The molecule has 2 aliphatic rings. The van der Waals surface area contributed by atoms with E-state index in [0.717, 1.165) is 12.8 Å². The molecule has 0 aromatic heterocycles. The maximum Gasteiger partial charge on any atom is 0.260 e. The van der Waals surface area contributed by atoms with Crippen molar-refractivity contribution >= 4 is 5.91 Å². The van der Waals surface area contributed by atoms with Crippen LogP contribution in [-0.4, -0.2) is 29.5 Å². The van der Waals surface area contributed by atoms with E-state index in [9.17, 15) is 4.79 Å². The fourth-order valence-corrected chi connectivity index (χ4v) is 2.08. The molecule has 0 aromatic rings. The minimum absolute atomic E-state index is 0.0442. The van der Waals surface area contributed by atoms with Gasteiger partial charge < -0.3 is 5.73 Å². The predicted molar refractivity (Wildman–Crippen MR) is 54.2 cm³/mol. The smallest absolute Gasteiger partial charge is 0.260 e. The number of nitrogens with two attached hydrogens (primary N) is 1. The Hall–Kier alpha value is -0.870. The SMILES string of the molecule is N[C@@H]1CCCC[C@H]1NN1CC=CC1=O. The number of nitrogens with one attached hydrogen (secondary N) is 1. The molecule has 14 heavy (non-hydrogen) atoms. The second-order valence-electron chi connectivity index (χ2n) is 4.04. The lowest BCUT2D eigenvalue weighted by Crippen LogP contribution is -2.54. The van der Waals surface area contributed by atoms with Crippen molar-refractivity contribution in [3.05, 3.63) is 12.2 Å². The molecule has 0 saturated heterocycles. The number of carbonyl (C=O) groups excluding carboxylic acids is 1. The molecule has 2 rings (SSSR count). The summed E-state index contributed by atoms with van der Waals surface area (Å²) in [6.07, 6.45) is 8.02. The van der Waals surface area contributed by atoms with E-state index in [-0.39, 0.29) is 18.0 Å². The van der Waals surface area contributed by atoms with E-state index >= 15 is 0 Å². The first-order valence-corrected chi connectivity index (χ1v) is 5.27. The van der Waals surface area contributed by atoms with Gasteiger partial charge in [0.1, 0.15) is 0 Å². The largest absolute Gasteiger partial charge is 0.326 e. The van der Waals surface area contributed by atoms with Gasteiger partial charge in [0.25, 0.3) is 5.91 Å². The van der Waals surface area contributed by atoms with Gasteiger partial charge in [-0.3, -0.25) is 9.80 Å². The summed E-state index contributed by atoms with van der Waals surface area (Å²) in [5.74, 6) is 0.0442. The Morgan fingerprint density at radius 3 is 2.86 bits per heavy atom. The maximum absolute atomic E-state index is 11.3. The molecule has 0 aromatic carbocycles. The fraction of sp³-hybridized carbons (Fsp3) is 0.700. The molecule has 1 aliphatic carbocycles. The molecule has 0 spiro atoms. The summed E-state index contributed by atoms with van der Waals surface area (Å²) in [6.45, 7) is 0.669. The minimum Gasteiger partial charge on any atom is -0.326 e. The number of hydrogen-bond acceptors (Lipinski definition) is 3. The summed E-state index contributed by atoms with van der Waals surface area (Å²) in [6, 6.07) is 0.463. The highest BCUT2D eigenvalue weighted by Gasteiger charge is 2.25. The Labute approximate surface area is 84.1 Å². The van der Waals surface area contributed by atoms with Crippen LogP contribution in [0.4, 0.5) is 0 Å². The predicted octanol–water partition coefficient (Wildman–Crippen LogP) is 0.159. The van der Waals surface area contributed by atoms with Gasteiger partial charge >= 0.3 is 0 Å². The van der Waals surface area contributed by atoms with Gasteiger partial charge in [0, 0.05) is 18.2 Å². The van der Waals surface area contributed by atoms with Crippen LogP contribution in [0.3, 0.4) is 0 Å². The van der Waals surface area contributed by atoms with E-state index in [1.165, 1.54) is 12.8 Å². The molecule has 0 bridgehead atoms. The van der Waals surface area contributed by atoms with E-state index in [0.29, 0.717) is 6.54 Å². The Morgan fingerprint density at radius 1 is 1.43 bits per heavy atom. The molecule has 1 aliphatic heterocycles. The second kappa shape index (κ2) is 4.11. The van der Waals surface area contributed by atoms with Crippen molar-refractivity contribution in [3.63, 3.8) is 0 Å². The lowest BCUT2D eigenvalue weighted by Gasteiger charge is -2.32. The van der Waals surface area contributed by atoms with Crippen LogP contribution < -0.4 is 11.2 Å². The van der Waals surface area contributed by atoms with Crippen LogP contribution >= 0.6 is 0 Å². The summed E-state index contributed by atoms with van der Waals surface area (Å²) in [5, 5.41) is 1.65. The highest BCUT2D eigenvalue weighted by molar-refractivity contribution is 5.89. The van der Waals surface area contributed by atoms with Gasteiger partial charge in [-0.05, 0) is 12.8 Å². The Bertz CT molecular complexity index is 252. The molecule has 0 unspecified atom stereocenters. The Balaban J connectivity index is 1.87. The van der Waals surface area contributed by atoms with Crippen LogP contribution in [0, 0.1) is 0 Å². The van der Waals surface area contributed by atoms with Crippen LogP contribution in [0.5, 0.6) is 0 Å². The molecular formula is C10H17N3O. The molecule has 1 amide bonds. The van der Waals surface area contributed by atoms with Gasteiger partial charge in [-0.15, -0.1) is 0 Å². The molecule has 1 saturated carbocycles. The average Bonchev–Trinajstić information content (AvgIpc) is 2.56. The first-order chi connectivity index (χ1) is 6.77. The monoisotopic (exact) mass is 195 g/mol. The number of carbonyl (C=O) groups is 1. The lowest BCUT2D eigenvalue weighted by atomic mass is 9.91. The molecule has 1 heterocycles. The van der Waals surface area contributed by atoms with Gasteiger partial charge in [-0.2, -0.15) is 0 Å². The van der Waals surface area contributed by atoms with E-state index in [4.69, 9.17) is 5.73 Å². The van der Waals surface area contributed by atoms with E-state index in [2.05, 4.69) is 5.43 Å². The van der Waals surface area contributed by atoms with E-state index < -0.39 is 0 Å². The zero-order valence-electron chi connectivity index (χ0n) is 8.28. The highest BCUT2D eigenvalue weighted by Crippen LogP contribution is 2.17. The number of hydrazine groups is 1. The number of rotatable bonds is 2. The number of hydrogen-bond donors (Lipinski definition) is 2. The van der Waals surface area contributed by atoms with Crippen molar-refractivity contribution < 1.29 is 4.79 Å². The van der Waals surface area contributed by atoms with E-state index in [1.54, 1.807) is 11.1 Å². The van der Waals surface area contributed by atoms with Crippen LogP contribution in [0.25, 0.3) is 0 Å². The molecular weight excluding hydrogens is 178 g/mol. The summed E-state index contributed by atoms with van der Waals surface area (Å²) in [5.41, 5.74) is 9.20. The lowest BCUT2D eigenvalue weighted by molar-refractivity contribution is -0.128. The molecule has 4 nitrogen and oxygen atoms in total. The van der Waals surface area contributed by atoms with Crippen molar-refractivity contribution in [1.29, 1.82) is 0 Å². The highest BCUT2D eigenvalue weighted by atomic mass is 16.2. The molecule has 1 fully saturated rings. The fourth-order valence-electron chi connectivity index (χ4n) is 2.08. The summed E-state index contributed by atoms with van der Waals surface area (Å²) in [7, 11) is 0. The molecule has 4 heteroatoms. The maximum atomic E-state index is 11.3. The molecule has 78 valence electrons. The van der Waals surface area contributed by atoms with Crippen LogP contribution in [0.1, 0.15) is 25.7 Å². The summed E-state index contributed by atoms with van der Waals surface area (Å²) < 4.78 is 0. The normalized spacial score (nSPS) is 32.6. The topological polar surface area (TPSA) is 58.4 Å². The standard InChI is InChI=1S/C10H17N3O/c11-8-4-1-2-5-9(8)12-13-7-3-6-10(13)14/h3,6,8-9,12H,1-2,4-5,7,11H2/t8-,9-/m1/s1. The second-order valence-corrected chi connectivity index (χ2v) is 4.04. The van der Waals surface area contributed by atoms with E-state index in [1.807, 2.05) is 6.08 Å². The minimum atomic E-state index is 0.0442. The van der Waals surface area contributed by atoms with Gasteiger partial charge in [0.2, 0.25) is 0 Å². The third-order valence-electron chi connectivity index (χ3n) is 2.96. The van der Waals surface area contributed by atoms with Crippen molar-refractivity contribution in [1.82, 2.24) is 10.4 Å². The Morgan fingerprint density at radius 2 is 2.21 bits per heavy atom. The first-order valence-electron chi connectivity index (χ1n) is 5.27. The van der Waals surface area contributed by atoms with Gasteiger partial charge in [-0.25, -0.2) is 5.43 Å². The number of amides is 1. The van der Waals surface area contributed by atoms with Crippen LogP contribution in [0.15, 0.2) is 12.2 Å². The molecule has 3 N–H and O–H groups in total. The zero-order valence-corrected chi connectivity index (χ0v) is 8.28. The average molecular weight is 195 g/mol. The summed E-state index contributed by atoms with van der Waals surface area (Å²) in [4.78, 5) is 11.3. The quantitative estimate of drug-likeness (QED) is 0.660. The number of nitrogens with zero attached hydrogens (tertiary/aromatic N) is 1. The zero-order chi connectivity index (χ0) is 9.97.